The lowest BCUT2D eigenvalue weighted by molar-refractivity contribution is -0.147. The van der Waals surface area contributed by atoms with E-state index in [0.29, 0.717) is 12.5 Å². The Bertz CT molecular complexity index is 169. The number of hydrogen-bond donors (Lipinski definition) is 1. The zero-order chi connectivity index (χ0) is 11.1. The SMILES string of the molecule is CCC(C)NC(C)CC(=O)OC(C)C. The number of carbonyl (C=O) groups excluding carboxylic acids is 1. The van der Waals surface area contributed by atoms with E-state index in [1.54, 1.807) is 0 Å². The molecule has 0 aliphatic carbocycles. The Kier molecular flexibility index (Phi) is 6.54. The van der Waals surface area contributed by atoms with Gasteiger partial charge >= 0.3 is 5.97 Å². The van der Waals surface area contributed by atoms with Gasteiger partial charge in [0.25, 0.3) is 0 Å². The number of ether oxygens (including phenoxy) is 1. The van der Waals surface area contributed by atoms with Crippen molar-refractivity contribution in [3.05, 3.63) is 0 Å². The van der Waals surface area contributed by atoms with Gasteiger partial charge in [-0.25, -0.2) is 0 Å². The minimum Gasteiger partial charge on any atom is -0.463 e. The van der Waals surface area contributed by atoms with Crippen molar-refractivity contribution >= 4 is 5.97 Å². The highest BCUT2D eigenvalue weighted by Gasteiger charge is 2.12. The van der Waals surface area contributed by atoms with Crippen LogP contribution in [-0.2, 0) is 9.53 Å². The summed E-state index contributed by atoms with van der Waals surface area (Å²) in [7, 11) is 0. The standard InChI is InChI=1S/C11H23NO2/c1-6-9(4)12-10(5)7-11(13)14-8(2)3/h8-10,12H,6-7H2,1-5H3. The molecule has 0 aromatic heterocycles. The molecule has 0 fully saturated rings. The smallest absolute Gasteiger partial charge is 0.307 e. The van der Waals surface area contributed by atoms with Gasteiger partial charge in [-0.1, -0.05) is 6.92 Å². The summed E-state index contributed by atoms with van der Waals surface area (Å²) in [5.74, 6) is -0.122. The fraction of sp³-hybridized carbons (Fsp3) is 0.909. The molecule has 2 unspecified atom stereocenters. The highest BCUT2D eigenvalue weighted by atomic mass is 16.5. The summed E-state index contributed by atoms with van der Waals surface area (Å²) in [6, 6.07) is 0.646. The first kappa shape index (κ1) is 13.4. The summed E-state index contributed by atoms with van der Waals surface area (Å²) in [5, 5.41) is 3.33. The molecule has 3 heteroatoms. The topological polar surface area (TPSA) is 38.3 Å². The van der Waals surface area contributed by atoms with Gasteiger partial charge in [0.05, 0.1) is 12.5 Å². The first-order valence-electron chi connectivity index (χ1n) is 5.41. The Hall–Kier alpha value is -0.570. The van der Waals surface area contributed by atoms with E-state index in [9.17, 15) is 4.79 Å². The zero-order valence-electron chi connectivity index (χ0n) is 9.96. The fourth-order valence-electron chi connectivity index (χ4n) is 1.22. The Balaban J connectivity index is 3.71. The van der Waals surface area contributed by atoms with Crippen LogP contribution in [-0.4, -0.2) is 24.2 Å². The molecule has 0 amide bonds. The molecular formula is C11H23NO2. The number of nitrogens with one attached hydrogen (secondary N) is 1. The molecule has 0 aromatic rings. The molecule has 2 atom stereocenters. The van der Waals surface area contributed by atoms with Crippen LogP contribution < -0.4 is 5.32 Å². The van der Waals surface area contributed by atoms with E-state index in [4.69, 9.17) is 4.74 Å². The molecule has 14 heavy (non-hydrogen) atoms. The third-order valence-corrected chi connectivity index (χ3v) is 2.02. The van der Waals surface area contributed by atoms with Crippen LogP contribution in [0.15, 0.2) is 0 Å². The second kappa shape index (κ2) is 6.82. The van der Waals surface area contributed by atoms with Gasteiger partial charge in [-0.15, -0.1) is 0 Å². The second-order valence-corrected chi connectivity index (χ2v) is 4.12. The van der Waals surface area contributed by atoms with Gasteiger partial charge in [-0.05, 0) is 34.1 Å². The monoisotopic (exact) mass is 201 g/mol. The summed E-state index contributed by atoms with van der Waals surface area (Å²) in [6.45, 7) is 9.98. The maximum atomic E-state index is 11.3. The molecule has 0 aliphatic heterocycles. The average molecular weight is 201 g/mol. The second-order valence-electron chi connectivity index (χ2n) is 4.12. The first-order valence-corrected chi connectivity index (χ1v) is 5.41. The van der Waals surface area contributed by atoms with Gasteiger partial charge in [-0.2, -0.15) is 0 Å². The Labute approximate surface area is 87.2 Å². The molecule has 3 nitrogen and oxygen atoms in total. The lowest BCUT2D eigenvalue weighted by Gasteiger charge is -2.18. The maximum absolute atomic E-state index is 11.3. The highest BCUT2D eigenvalue weighted by Crippen LogP contribution is 2.00. The van der Waals surface area contributed by atoms with E-state index in [0.717, 1.165) is 6.42 Å². The molecule has 0 aromatic carbocycles. The quantitative estimate of drug-likeness (QED) is 0.669. The predicted molar refractivity (Wildman–Crippen MR) is 58.2 cm³/mol. The van der Waals surface area contributed by atoms with E-state index >= 15 is 0 Å². The van der Waals surface area contributed by atoms with Crippen LogP contribution >= 0.6 is 0 Å². The Morgan fingerprint density at radius 2 is 1.79 bits per heavy atom. The molecule has 84 valence electrons. The van der Waals surface area contributed by atoms with Crippen LogP contribution in [0.25, 0.3) is 0 Å². The number of rotatable bonds is 6. The molecule has 0 bridgehead atoms. The van der Waals surface area contributed by atoms with Crippen molar-refractivity contribution in [2.24, 2.45) is 0 Å². The lowest BCUT2D eigenvalue weighted by Crippen LogP contribution is -2.36. The highest BCUT2D eigenvalue weighted by molar-refractivity contribution is 5.70. The van der Waals surface area contributed by atoms with Crippen molar-refractivity contribution in [3.8, 4) is 0 Å². The summed E-state index contributed by atoms with van der Waals surface area (Å²) < 4.78 is 5.06. The number of esters is 1. The Morgan fingerprint density at radius 3 is 2.21 bits per heavy atom. The van der Waals surface area contributed by atoms with Crippen molar-refractivity contribution in [2.45, 2.75) is 65.6 Å². The van der Waals surface area contributed by atoms with Crippen molar-refractivity contribution in [2.75, 3.05) is 0 Å². The van der Waals surface area contributed by atoms with E-state index in [-0.39, 0.29) is 18.1 Å². The van der Waals surface area contributed by atoms with Gasteiger partial charge in [0.2, 0.25) is 0 Å². The van der Waals surface area contributed by atoms with Gasteiger partial charge in [0.1, 0.15) is 0 Å². The minimum absolute atomic E-state index is 0.0155. The fourth-order valence-corrected chi connectivity index (χ4v) is 1.22. The van der Waals surface area contributed by atoms with Crippen LogP contribution in [0, 0.1) is 0 Å². The first-order chi connectivity index (χ1) is 6.45. The van der Waals surface area contributed by atoms with Crippen LogP contribution in [0.3, 0.4) is 0 Å². The van der Waals surface area contributed by atoms with Crippen molar-refractivity contribution < 1.29 is 9.53 Å². The molecule has 0 spiro atoms. The van der Waals surface area contributed by atoms with E-state index in [2.05, 4.69) is 19.2 Å². The number of hydrogen-bond acceptors (Lipinski definition) is 3. The van der Waals surface area contributed by atoms with E-state index in [1.807, 2.05) is 20.8 Å². The maximum Gasteiger partial charge on any atom is 0.307 e. The molecule has 0 radical (unpaired) electrons. The normalized spacial score (nSPS) is 15.3. The average Bonchev–Trinajstić information content (AvgIpc) is 2.01. The predicted octanol–water partition coefficient (Wildman–Crippen LogP) is 2.10. The van der Waals surface area contributed by atoms with Crippen LogP contribution in [0.5, 0.6) is 0 Å². The van der Waals surface area contributed by atoms with E-state index < -0.39 is 0 Å². The van der Waals surface area contributed by atoms with Gasteiger partial charge in [0, 0.05) is 12.1 Å². The van der Waals surface area contributed by atoms with Crippen molar-refractivity contribution in [1.82, 2.24) is 5.32 Å². The molecule has 0 aliphatic rings. The molecule has 0 saturated carbocycles. The minimum atomic E-state index is -0.122. The third kappa shape index (κ3) is 6.89. The molecular weight excluding hydrogens is 178 g/mol. The lowest BCUT2D eigenvalue weighted by atomic mass is 10.2. The van der Waals surface area contributed by atoms with Gasteiger partial charge < -0.3 is 10.1 Å². The largest absolute Gasteiger partial charge is 0.463 e. The molecule has 1 N–H and O–H groups in total. The number of carbonyl (C=O) groups is 1. The van der Waals surface area contributed by atoms with E-state index in [1.165, 1.54) is 0 Å². The summed E-state index contributed by atoms with van der Waals surface area (Å²) in [5.41, 5.74) is 0. The molecule has 0 rings (SSSR count). The zero-order valence-corrected chi connectivity index (χ0v) is 9.96. The summed E-state index contributed by atoms with van der Waals surface area (Å²) in [4.78, 5) is 11.3. The molecule has 0 saturated heterocycles. The summed E-state index contributed by atoms with van der Waals surface area (Å²) in [6.07, 6.45) is 1.50. The summed E-state index contributed by atoms with van der Waals surface area (Å²) >= 11 is 0. The van der Waals surface area contributed by atoms with Gasteiger partial charge in [0.15, 0.2) is 0 Å². The van der Waals surface area contributed by atoms with Crippen molar-refractivity contribution in [3.63, 3.8) is 0 Å². The third-order valence-electron chi connectivity index (χ3n) is 2.02. The Morgan fingerprint density at radius 1 is 1.21 bits per heavy atom. The van der Waals surface area contributed by atoms with Crippen LogP contribution in [0.2, 0.25) is 0 Å². The van der Waals surface area contributed by atoms with Crippen LogP contribution in [0.1, 0.15) is 47.5 Å². The van der Waals surface area contributed by atoms with Crippen molar-refractivity contribution in [1.29, 1.82) is 0 Å². The van der Waals surface area contributed by atoms with Gasteiger partial charge in [-0.3, -0.25) is 4.79 Å². The molecule has 0 heterocycles. The van der Waals surface area contributed by atoms with Crippen LogP contribution in [0.4, 0.5) is 0 Å².